The maximum absolute atomic E-state index is 14.1. The zero-order chi connectivity index (χ0) is 14.7. The number of rotatable bonds is 2. The molecule has 4 unspecified atom stereocenters. The smallest absolute Gasteiger partial charge is 0.151 e. The van der Waals surface area contributed by atoms with E-state index in [1.807, 2.05) is 6.07 Å². The van der Waals surface area contributed by atoms with Gasteiger partial charge < -0.3 is 10.3 Å². The Labute approximate surface area is 124 Å². The molecule has 4 heteroatoms. The number of hydrogen-bond acceptors (Lipinski definition) is 2. The first-order valence-corrected chi connectivity index (χ1v) is 8.00. The highest BCUT2D eigenvalue weighted by molar-refractivity contribution is 5.77. The third-order valence-corrected chi connectivity index (χ3v) is 5.49. The van der Waals surface area contributed by atoms with Gasteiger partial charge in [-0.1, -0.05) is 6.07 Å². The number of benzene rings is 1. The van der Waals surface area contributed by atoms with Gasteiger partial charge in [-0.2, -0.15) is 0 Å². The fraction of sp³-hybridized carbons (Fsp3) is 0.588. The quantitative estimate of drug-likeness (QED) is 0.917. The molecule has 1 heterocycles. The second-order valence-electron chi connectivity index (χ2n) is 6.98. The van der Waals surface area contributed by atoms with Gasteiger partial charge in [0.2, 0.25) is 0 Å². The molecule has 4 rings (SSSR count). The van der Waals surface area contributed by atoms with Gasteiger partial charge in [-0.25, -0.2) is 9.37 Å². The minimum absolute atomic E-state index is 0.182. The highest BCUT2D eigenvalue weighted by Gasteiger charge is 2.48. The summed E-state index contributed by atoms with van der Waals surface area (Å²) in [4.78, 5) is 4.69. The van der Waals surface area contributed by atoms with E-state index in [1.54, 1.807) is 6.07 Å². The van der Waals surface area contributed by atoms with Gasteiger partial charge in [-0.05, 0) is 57.1 Å². The molecule has 0 amide bonds. The van der Waals surface area contributed by atoms with E-state index < -0.39 is 0 Å². The number of hydrogen-bond donors (Lipinski definition) is 1. The van der Waals surface area contributed by atoms with Crippen LogP contribution in [0.25, 0.3) is 11.0 Å². The Morgan fingerprint density at radius 1 is 1.29 bits per heavy atom. The predicted octanol–water partition coefficient (Wildman–Crippen LogP) is 3.60. The molecule has 2 aliphatic rings. The van der Waals surface area contributed by atoms with E-state index in [2.05, 4.69) is 18.4 Å². The first-order chi connectivity index (χ1) is 10.1. The van der Waals surface area contributed by atoms with Crippen LogP contribution >= 0.6 is 0 Å². The van der Waals surface area contributed by atoms with Crippen molar-refractivity contribution in [3.8, 4) is 0 Å². The van der Waals surface area contributed by atoms with Crippen molar-refractivity contribution in [3.05, 3.63) is 29.8 Å². The Morgan fingerprint density at radius 2 is 2.05 bits per heavy atom. The van der Waals surface area contributed by atoms with Gasteiger partial charge in [0.1, 0.15) is 11.3 Å². The third kappa shape index (κ3) is 1.78. The van der Waals surface area contributed by atoms with Crippen LogP contribution in [-0.2, 0) is 0 Å². The van der Waals surface area contributed by atoms with Crippen LogP contribution in [0.15, 0.2) is 18.2 Å². The first-order valence-electron chi connectivity index (χ1n) is 8.00. The molecule has 2 aliphatic carbocycles. The van der Waals surface area contributed by atoms with E-state index >= 15 is 0 Å². The predicted molar refractivity (Wildman–Crippen MR) is 81.6 cm³/mol. The number of aromatic nitrogens is 2. The maximum Gasteiger partial charge on any atom is 0.151 e. The highest BCUT2D eigenvalue weighted by atomic mass is 19.1. The van der Waals surface area contributed by atoms with Crippen LogP contribution in [0.1, 0.15) is 50.9 Å². The zero-order valence-corrected chi connectivity index (χ0v) is 12.6. The number of para-hydroxylation sites is 1. The molecular formula is C17H22FN3. The number of imidazole rings is 1. The Bertz CT molecular complexity index is 689. The summed E-state index contributed by atoms with van der Waals surface area (Å²) in [5, 5.41) is 0. The van der Waals surface area contributed by atoms with E-state index in [9.17, 15) is 4.39 Å². The topological polar surface area (TPSA) is 43.8 Å². The van der Waals surface area contributed by atoms with Gasteiger partial charge in [0.25, 0.3) is 0 Å². The lowest BCUT2D eigenvalue weighted by molar-refractivity contribution is 0.342. The van der Waals surface area contributed by atoms with Gasteiger partial charge in [-0.15, -0.1) is 0 Å². The Kier molecular flexibility index (Phi) is 2.86. The van der Waals surface area contributed by atoms with Crippen molar-refractivity contribution in [2.24, 2.45) is 17.6 Å². The summed E-state index contributed by atoms with van der Waals surface area (Å²) in [6, 6.07) is 5.67. The van der Waals surface area contributed by atoms with Gasteiger partial charge in [0.15, 0.2) is 5.82 Å². The van der Waals surface area contributed by atoms with Crippen LogP contribution < -0.4 is 5.73 Å². The van der Waals surface area contributed by atoms with Crippen molar-refractivity contribution >= 4 is 11.0 Å². The van der Waals surface area contributed by atoms with Crippen LogP contribution in [0.5, 0.6) is 0 Å². The summed E-state index contributed by atoms with van der Waals surface area (Å²) < 4.78 is 16.3. The highest BCUT2D eigenvalue weighted by Crippen LogP contribution is 2.52. The lowest BCUT2D eigenvalue weighted by Crippen LogP contribution is -2.35. The summed E-state index contributed by atoms with van der Waals surface area (Å²) in [5.41, 5.74) is 7.87. The SMILES string of the molecule is CC(C)n1c(C2C3CCC(C3)C2N)nc2c(F)cccc21. The molecule has 21 heavy (non-hydrogen) atoms. The van der Waals surface area contributed by atoms with E-state index in [1.165, 1.54) is 25.3 Å². The molecule has 3 nitrogen and oxygen atoms in total. The van der Waals surface area contributed by atoms with E-state index in [0.717, 1.165) is 11.3 Å². The van der Waals surface area contributed by atoms with Crippen LogP contribution in [0.4, 0.5) is 4.39 Å². The summed E-state index contributed by atoms with van der Waals surface area (Å²) in [6.07, 6.45) is 3.71. The molecule has 2 N–H and O–H groups in total. The minimum Gasteiger partial charge on any atom is -0.327 e. The van der Waals surface area contributed by atoms with Crippen LogP contribution in [0.2, 0.25) is 0 Å². The largest absolute Gasteiger partial charge is 0.327 e. The fourth-order valence-electron chi connectivity index (χ4n) is 4.60. The van der Waals surface area contributed by atoms with Gasteiger partial charge in [0.05, 0.1) is 5.52 Å². The maximum atomic E-state index is 14.1. The molecule has 1 aromatic heterocycles. The van der Waals surface area contributed by atoms with Crippen molar-refractivity contribution in [1.82, 2.24) is 9.55 Å². The molecule has 2 fully saturated rings. The van der Waals surface area contributed by atoms with E-state index in [4.69, 9.17) is 10.7 Å². The Balaban J connectivity index is 1.92. The van der Waals surface area contributed by atoms with Crippen molar-refractivity contribution in [3.63, 3.8) is 0 Å². The van der Waals surface area contributed by atoms with E-state index in [-0.39, 0.29) is 23.8 Å². The summed E-state index contributed by atoms with van der Waals surface area (Å²) >= 11 is 0. The van der Waals surface area contributed by atoms with Crippen molar-refractivity contribution in [1.29, 1.82) is 0 Å². The standard InChI is InChI=1S/C17H22FN3/c1-9(2)21-13-5-3-4-12(18)16(13)20-17(21)14-10-6-7-11(8-10)15(14)19/h3-5,9-11,14-15H,6-8,19H2,1-2H3. The molecule has 2 bridgehead atoms. The third-order valence-electron chi connectivity index (χ3n) is 5.49. The second kappa shape index (κ2) is 4.54. The van der Waals surface area contributed by atoms with Crippen LogP contribution in [0, 0.1) is 17.7 Å². The molecule has 0 spiro atoms. The number of nitrogens with two attached hydrogens (primary N) is 1. The molecule has 0 aliphatic heterocycles. The monoisotopic (exact) mass is 287 g/mol. The fourth-order valence-corrected chi connectivity index (χ4v) is 4.60. The molecule has 1 aromatic carbocycles. The number of fused-ring (bicyclic) bond motifs is 3. The van der Waals surface area contributed by atoms with Crippen molar-refractivity contribution < 1.29 is 4.39 Å². The van der Waals surface area contributed by atoms with Gasteiger partial charge >= 0.3 is 0 Å². The van der Waals surface area contributed by atoms with Crippen LogP contribution in [-0.4, -0.2) is 15.6 Å². The summed E-state index contributed by atoms with van der Waals surface area (Å²) in [6.45, 7) is 4.27. The zero-order valence-electron chi connectivity index (χ0n) is 12.6. The van der Waals surface area contributed by atoms with E-state index in [0.29, 0.717) is 17.4 Å². The molecule has 2 saturated carbocycles. The van der Waals surface area contributed by atoms with Crippen molar-refractivity contribution in [2.75, 3.05) is 0 Å². The van der Waals surface area contributed by atoms with Gasteiger partial charge in [0, 0.05) is 18.0 Å². The van der Waals surface area contributed by atoms with Crippen molar-refractivity contribution in [2.45, 2.75) is 51.1 Å². The van der Waals surface area contributed by atoms with Gasteiger partial charge in [-0.3, -0.25) is 0 Å². The number of halogens is 1. The molecule has 0 saturated heterocycles. The molecular weight excluding hydrogens is 265 g/mol. The second-order valence-corrected chi connectivity index (χ2v) is 6.98. The lowest BCUT2D eigenvalue weighted by atomic mass is 9.84. The van der Waals surface area contributed by atoms with Crippen LogP contribution in [0.3, 0.4) is 0 Å². The molecule has 4 atom stereocenters. The Hall–Kier alpha value is -1.42. The summed E-state index contributed by atoms with van der Waals surface area (Å²) in [5.74, 6) is 2.32. The average Bonchev–Trinajstić information content (AvgIpc) is 3.10. The normalized spacial score (nSPS) is 31.7. The molecule has 2 aromatic rings. The molecule has 112 valence electrons. The molecule has 0 radical (unpaired) electrons. The average molecular weight is 287 g/mol. The minimum atomic E-state index is -0.232. The summed E-state index contributed by atoms with van der Waals surface area (Å²) in [7, 11) is 0. The lowest BCUT2D eigenvalue weighted by Gasteiger charge is -2.29. The number of nitrogens with zero attached hydrogens (tertiary/aromatic N) is 2. The first kappa shape index (κ1) is 13.3. The Morgan fingerprint density at radius 3 is 2.71 bits per heavy atom.